The molecule has 2 aliphatic rings. The molecule has 0 amide bonds. The van der Waals surface area contributed by atoms with Crippen LogP contribution in [0.4, 0.5) is 0 Å². The van der Waals surface area contributed by atoms with Gasteiger partial charge in [-0.1, -0.05) is 76.2 Å². The van der Waals surface area contributed by atoms with Crippen molar-refractivity contribution in [1.29, 1.82) is 0 Å². The van der Waals surface area contributed by atoms with Crippen molar-refractivity contribution in [1.82, 2.24) is 0 Å². The summed E-state index contributed by atoms with van der Waals surface area (Å²) in [7, 11) is 0. The summed E-state index contributed by atoms with van der Waals surface area (Å²) in [6.45, 7) is 9.25. The van der Waals surface area contributed by atoms with Gasteiger partial charge in [0.2, 0.25) is 0 Å². The second-order valence-corrected chi connectivity index (χ2v) is 8.92. The molecule has 0 nitrogen and oxygen atoms in total. The lowest BCUT2D eigenvalue weighted by atomic mass is 9.75. The van der Waals surface area contributed by atoms with E-state index in [0.29, 0.717) is 11.8 Å². The minimum atomic E-state index is 0.199. The van der Waals surface area contributed by atoms with Gasteiger partial charge in [0, 0.05) is 5.41 Å². The maximum atomic E-state index is 2.52. The summed E-state index contributed by atoms with van der Waals surface area (Å²) in [6, 6.07) is 14.5. The third-order valence-corrected chi connectivity index (χ3v) is 5.88. The Balaban J connectivity index is 1.84. The molecule has 0 aliphatic heterocycles. The van der Waals surface area contributed by atoms with E-state index >= 15 is 0 Å². The largest absolute Gasteiger partial charge is 0.0873 e. The van der Waals surface area contributed by atoms with Crippen LogP contribution in [0, 0.1) is 11.8 Å². The summed E-state index contributed by atoms with van der Waals surface area (Å²) in [5, 5.41) is 0. The highest BCUT2D eigenvalue weighted by Crippen LogP contribution is 2.55. The minimum absolute atomic E-state index is 0.199. The Kier molecular flexibility index (Phi) is 4.10. The Morgan fingerprint density at radius 1 is 0.720 bits per heavy atom. The predicted octanol–water partition coefficient (Wildman–Crippen LogP) is 6.70. The van der Waals surface area contributed by atoms with E-state index in [1.54, 1.807) is 11.1 Å². The van der Waals surface area contributed by atoms with Crippen LogP contribution >= 0.6 is 0 Å². The fraction of sp³-hybridized carbons (Fsp3) is 0.440. The molecule has 2 aromatic carbocycles. The average Bonchev–Trinajstić information content (AvgIpc) is 3.13. The van der Waals surface area contributed by atoms with Gasteiger partial charge in [0.25, 0.3) is 0 Å². The van der Waals surface area contributed by atoms with Crippen molar-refractivity contribution in [3.05, 3.63) is 70.8 Å². The molecule has 0 saturated heterocycles. The van der Waals surface area contributed by atoms with Gasteiger partial charge in [-0.2, -0.15) is 0 Å². The van der Waals surface area contributed by atoms with Gasteiger partial charge in [0.05, 0.1) is 0 Å². The molecule has 25 heavy (non-hydrogen) atoms. The van der Waals surface area contributed by atoms with Crippen LogP contribution in [0.3, 0.4) is 0 Å². The molecular weight excluding hydrogens is 300 g/mol. The Morgan fingerprint density at radius 3 is 1.56 bits per heavy atom. The summed E-state index contributed by atoms with van der Waals surface area (Å²) >= 11 is 0. The van der Waals surface area contributed by atoms with Crippen molar-refractivity contribution in [3.63, 3.8) is 0 Å². The van der Waals surface area contributed by atoms with E-state index in [2.05, 4.69) is 76.2 Å². The smallest absolute Gasteiger partial charge is 0.0284 e. The van der Waals surface area contributed by atoms with E-state index in [-0.39, 0.29) is 5.41 Å². The first-order chi connectivity index (χ1) is 12.0. The summed E-state index contributed by atoms with van der Waals surface area (Å²) in [5.41, 5.74) is 9.29. The van der Waals surface area contributed by atoms with Crippen LogP contribution in [0.25, 0.3) is 11.1 Å². The van der Waals surface area contributed by atoms with Crippen LogP contribution in [-0.4, -0.2) is 0 Å². The molecule has 4 rings (SSSR count). The second kappa shape index (κ2) is 6.16. The van der Waals surface area contributed by atoms with Crippen LogP contribution in [-0.2, 0) is 18.3 Å². The van der Waals surface area contributed by atoms with Crippen molar-refractivity contribution in [2.75, 3.05) is 0 Å². The normalized spacial score (nSPS) is 16.9. The van der Waals surface area contributed by atoms with Gasteiger partial charge in [0.15, 0.2) is 0 Å². The maximum absolute atomic E-state index is 2.52. The molecule has 0 heteroatoms. The second-order valence-electron chi connectivity index (χ2n) is 8.92. The SMILES string of the molecule is CC(C)Cc1ccc2c(c1)C1(CC=CC1)c1cc(CC(C)C)ccc1-2. The fourth-order valence-electron chi connectivity index (χ4n) is 4.88. The van der Waals surface area contributed by atoms with E-state index < -0.39 is 0 Å². The first-order valence-corrected chi connectivity index (χ1v) is 9.92. The van der Waals surface area contributed by atoms with Gasteiger partial charge < -0.3 is 0 Å². The molecule has 0 unspecified atom stereocenters. The molecule has 0 bridgehead atoms. The molecule has 0 N–H and O–H groups in total. The lowest BCUT2D eigenvalue weighted by molar-refractivity contribution is 0.568. The molecule has 0 fully saturated rings. The summed E-state index contributed by atoms with van der Waals surface area (Å²) in [5.74, 6) is 1.41. The van der Waals surface area contributed by atoms with Crippen molar-refractivity contribution in [2.45, 2.75) is 58.8 Å². The Bertz CT molecular complexity index is 750. The highest BCUT2D eigenvalue weighted by molar-refractivity contribution is 5.82. The molecule has 1 spiro atoms. The Morgan fingerprint density at radius 2 is 1.16 bits per heavy atom. The van der Waals surface area contributed by atoms with Crippen molar-refractivity contribution in [2.24, 2.45) is 11.8 Å². The highest BCUT2D eigenvalue weighted by Gasteiger charge is 2.43. The van der Waals surface area contributed by atoms with E-state index in [1.807, 2.05) is 0 Å². The molecule has 0 aromatic heterocycles. The number of hydrogen-bond acceptors (Lipinski definition) is 0. The van der Waals surface area contributed by atoms with E-state index in [0.717, 1.165) is 12.8 Å². The average molecular weight is 331 g/mol. The highest BCUT2D eigenvalue weighted by atomic mass is 14.5. The maximum Gasteiger partial charge on any atom is 0.0284 e. The van der Waals surface area contributed by atoms with E-state index in [1.165, 1.54) is 35.1 Å². The zero-order valence-corrected chi connectivity index (χ0v) is 16.1. The van der Waals surface area contributed by atoms with Crippen molar-refractivity contribution >= 4 is 0 Å². The monoisotopic (exact) mass is 330 g/mol. The van der Waals surface area contributed by atoms with Gasteiger partial charge in [-0.3, -0.25) is 0 Å². The molecule has 0 atom stereocenters. The van der Waals surface area contributed by atoms with E-state index in [9.17, 15) is 0 Å². The predicted molar refractivity (Wildman–Crippen MR) is 108 cm³/mol. The number of allylic oxidation sites excluding steroid dienone is 2. The van der Waals surface area contributed by atoms with Gasteiger partial charge >= 0.3 is 0 Å². The third kappa shape index (κ3) is 2.76. The van der Waals surface area contributed by atoms with Crippen LogP contribution in [0.5, 0.6) is 0 Å². The summed E-state index contributed by atoms with van der Waals surface area (Å²) in [6.07, 6.45) is 9.44. The molecule has 2 aliphatic carbocycles. The molecule has 0 saturated carbocycles. The molecule has 0 radical (unpaired) electrons. The quantitative estimate of drug-likeness (QED) is 0.547. The summed E-state index contributed by atoms with van der Waals surface area (Å²) in [4.78, 5) is 0. The Labute approximate surface area is 153 Å². The number of fused-ring (bicyclic) bond motifs is 5. The first-order valence-electron chi connectivity index (χ1n) is 9.92. The standard InChI is InChI=1S/C25H30/c1-17(2)13-19-7-9-21-22-10-8-20(14-18(3)4)16-24(22)25(23(21)15-19)11-5-6-12-25/h5-10,15-18H,11-14H2,1-4H3. The zero-order chi connectivity index (χ0) is 17.6. The van der Waals surface area contributed by atoms with Gasteiger partial charge in [0.1, 0.15) is 0 Å². The van der Waals surface area contributed by atoms with Gasteiger partial charge in [-0.25, -0.2) is 0 Å². The van der Waals surface area contributed by atoms with E-state index in [4.69, 9.17) is 0 Å². The third-order valence-electron chi connectivity index (χ3n) is 5.88. The molecule has 130 valence electrons. The zero-order valence-electron chi connectivity index (χ0n) is 16.1. The van der Waals surface area contributed by atoms with Crippen molar-refractivity contribution in [3.8, 4) is 11.1 Å². The number of hydrogen-bond donors (Lipinski definition) is 0. The molecule has 2 aromatic rings. The first kappa shape index (κ1) is 16.6. The van der Waals surface area contributed by atoms with Crippen LogP contribution < -0.4 is 0 Å². The topological polar surface area (TPSA) is 0 Å². The number of benzene rings is 2. The Hall–Kier alpha value is -1.82. The molecule has 0 heterocycles. The number of rotatable bonds is 4. The van der Waals surface area contributed by atoms with Gasteiger partial charge in [-0.05, 0) is 70.9 Å². The van der Waals surface area contributed by atoms with Crippen LogP contribution in [0.1, 0.15) is 62.8 Å². The van der Waals surface area contributed by atoms with Crippen molar-refractivity contribution < 1.29 is 0 Å². The van der Waals surface area contributed by atoms with Gasteiger partial charge in [-0.15, -0.1) is 0 Å². The lowest BCUT2D eigenvalue weighted by Crippen LogP contribution is -2.21. The lowest BCUT2D eigenvalue weighted by Gasteiger charge is -2.27. The van der Waals surface area contributed by atoms with Crippen LogP contribution in [0.15, 0.2) is 48.6 Å². The van der Waals surface area contributed by atoms with Crippen LogP contribution in [0.2, 0.25) is 0 Å². The summed E-state index contributed by atoms with van der Waals surface area (Å²) < 4.78 is 0. The molecular formula is C25H30. The fourth-order valence-corrected chi connectivity index (χ4v) is 4.88. The minimum Gasteiger partial charge on any atom is -0.0873 e.